The maximum atomic E-state index is 12.8. The number of nitrogens with one attached hydrogen (secondary N) is 1. The molecule has 2 saturated heterocycles. The number of halogens is 1. The highest BCUT2D eigenvalue weighted by Gasteiger charge is 2.52. The Kier molecular flexibility index (Phi) is 6.47. The third-order valence-electron chi connectivity index (χ3n) is 8.32. The molecule has 8 nitrogen and oxygen atoms in total. The number of methoxy groups -OCH3 is 1. The zero-order valence-corrected chi connectivity index (χ0v) is 21.6. The number of aromatic nitrogens is 1. The highest BCUT2D eigenvalue weighted by atomic mass is 35.5. The van der Waals surface area contributed by atoms with Crippen LogP contribution in [0.15, 0.2) is 24.4 Å². The molecule has 1 aliphatic carbocycles. The van der Waals surface area contributed by atoms with Crippen LogP contribution in [-0.4, -0.2) is 84.6 Å². The quantitative estimate of drug-likeness (QED) is 0.627. The number of carbonyl (C=O) groups excluding carboxylic acids is 1. The number of fused-ring (bicyclic) bond motifs is 1. The molecule has 1 aromatic heterocycles. The number of pyridine rings is 1. The lowest BCUT2D eigenvalue weighted by atomic mass is 9.95. The van der Waals surface area contributed by atoms with Gasteiger partial charge in [0.15, 0.2) is 0 Å². The fraction of sp³-hybridized carbons (Fsp3) is 0.615. The van der Waals surface area contributed by atoms with Gasteiger partial charge in [0.25, 0.3) is 0 Å². The molecule has 3 fully saturated rings. The monoisotopic (exact) mass is 502 g/mol. The first kappa shape index (κ1) is 24.7. The molecule has 9 heteroatoms. The Morgan fingerprint density at radius 1 is 1.26 bits per heavy atom. The summed E-state index contributed by atoms with van der Waals surface area (Å²) in [5.41, 5.74) is 0.325. The largest absolute Gasteiger partial charge is 0.389 e. The van der Waals surface area contributed by atoms with Gasteiger partial charge in [0, 0.05) is 50.8 Å². The van der Waals surface area contributed by atoms with Crippen LogP contribution in [0.25, 0.3) is 10.8 Å². The van der Waals surface area contributed by atoms with E-state index in [2.05, 4.69) is 33.1 Å². The van der Waals surface area contributed by atoms with E-state index in [1.807, 2.05) is 26.0 Å². The van der Waals surface area contributed by atoms with E-state index in [1.165, 1.54) is 0 Å². The number of aliphatic hydroxyl groups excluding tert-OH is 1. The number of hydrogen-bond donors (Lipinski definition) is 2. The molecule has 0 radical (unpaired) electrons. The molecule has 5 rings (SSSR count). The highest BCUT2D eigenvalue weighted by Crippen LogP contribution is 2.48. The first-order valence-electron chi connectivity index (χ1n) is 12.3. The molecule has 4 atom stereocenters. The van der Waals surface area contributed by atoms with Crippen LogP contribution in [0.4, 0.5) is 11.5 Å². The van der Waals surface area contributed by atoms with Crippen LogP contribution in [0.3, 0.4) is 0 Å². The minimum atomic E-state index is -0.467. The summed E-state index contributed by atoms with van der Waals surface area (Å²) in [7, 11) is 1.69. The summed E-state index contributed by atoms with van der Waals surface area (Å²) in [5.74, 6) is 0.704. The first-order chi connectivity index (χ1) is 16.6. The topological polar surface area (TPSA) is 87.2 Å². The second-order valence-corrected chi connectivity index (χ2v) is 11.2. The number of rotatable bonds is 6. The van der Waals surface area contributed by atoms with E-state index in [1.54, 1.807) is 13.3 Å². The molecule has 190 valence electrons. The summed E-state index contributed by atoms with van der Waals surface area (Å²) >= 11 is 6.67. The maximum absolute atomic E-state index is 12.8. The van der Waals surface area contributed by atoms with Gasteiger partial charge in [-0.3, -0.25) is 9.69 Å². The van der Waals surface area contributed by atoms with Gasteiger partial charge in [0.1, 0.15) is 5.82 Å². The molecule has 35 heavy (non-hydrogen) atoms. The lowest BCUT2D eigenvalue weighted by Crippen LogP contribution is -2.60. The Hall–Kier alpha value is -1.97. The molecule has 0 bridgehead atoms. The molecular formula is C26H35ClN4O4. The van der Waals surface area contributed by atoms with Crippen LogP contribution in [0, 0.1) is 11.8 Å². The van der Waals surface area contributed by atoms with Crippen LogP contribution in [0.1, 0.15) is 27.2 Å². The molecule has 2 N–H and O–H groups in total. The Bertz CT molecular complexity index is 1120. The molecule has 0 unspecified atom stereocenters. The molecule has 3 heterocycles. The van der Waals surface area contributed by atoms with Crippen LogP contribution in [0.2, 0.25) is 5.02 Å². The van der Waals surface area contributed by atoms with Crippen molar-refractivity contribution in [2.24, 2.45) is 11.8 Å². The highest BCUT2D eigenvalue weighted by molar-refractivity contribution is 6.34. The number of nitrogens with zero attached hydrogens (tertiary/aromatic N) is 3. The van der Waals surface area contributed by atoms with Gasteiger partial charge in [0.05, 0.1) is 41.2 Å². The van der Waals surface area contributed by atoms with Crippen molar-refractivity contribution in [3.8, 4) is 0 Å². The maximum Gasteiger partial charge on any atom is 0.229 e. The van der Waals surface area contributed by atoms with Gasteiger partial charge in [-0.2, -0.15) is 0 Å². The van der Waals surface area contributed by atoms with E-state index in [9.17, 15) is 9.90 Å². The molecular weight excluding hydrogens is 468 g/mol. The second kappa shape index (κ2) is 9.16. The lowest BCUT2D eigenvalue weighted by molar-refractivity contribution is -0.118. The van der Waals surface area contributed by atoms with Gasteiger partial charge >= 0.3 is 0 Å². The van der Waals surface area contributed by atoms with Crippen LogP contribution < -0.4 is 10.2 Å². The summed E-state index contributed by atoms with van der Waals surface area (Å²) in [6, 6.07) is 5.92. The van der Waals surface area contributed by atoms with Gasteiger partial charge in [0.2, 0.25) is 5.91 Å². The van der Waals surface area contributed by atoms with Crippen molar-refractivity contribution in [1.29, 1.82) is 0 Å². The number of anilines is 2. The Morgan fingerprint density at radius 2 is 2.00 bits per heavy atom. The lowest BCUT2D eigenvalue weighted by Gasteiger charge is -2.45. The van der Waals surface area contributed by atoms with E-state index in [-0.39, 0.29) is 28.9 Å². The summed E-state index contributed by atoms with van der Waals surface area (Å²) in [6.07, 6.45) is 2.12. The zero-order chi connectivity index (χ0) is 25.0. The van der Waals surface area contributed by atoms with E-state index in [4.69, 9.17) is 21.1 Å². The van der Waals surface area contributed by atoms with Crippen molar-refractivity contribution in [3.05, 3.63) is 29.4 Å². The zero-order valence-electron chi connectivity index (χ0n) is 20.9. The van der Waals surface area contributed by atoms with Crippen molar-refractivity contribution < 1.29 is 19.4 Å². The van der Waals surface area contributed by atoms with Gasteiger partial charge in [-0.25, -0.2) is 4.98 Å². The van der Waals surface area contributed by atoms with Crippen molar-refractivity contribution in [2.45, 2.75) is 44.4 Å². The van der Waals surface area contributed by atoms with Crippen LogP contribution >= 0.6 is 11.6 Å². The number of hydrogen-bond acceptors (Lipinski definition) is 7. The molecule has 3 aliphatic rings. The van der Waals surface area contributed by atoms with Gasteiger partial charge in [-0.05, 0) is 56.7 Å². The average Bonchev–Trinajstić information content (AvgIpc) is 3.59. The van der Waals surface area contributed by atoms with Crippen molar-refractivity contribution in [3.63, 3.8) is 0 Å². The molecule has 1 aromatic carbocycles. The number of amides is 1. The molecule has 1 saturated carbocycles. The predicted molar refractivity (Wildman–Crippen MR) is 137 cm³/mol. The van der Waals surface area contributed by atoms with Crippen molar-refractivity contribution >= 4 is 39.8 Å². The fourth-order valence-corrected chi connectivity index (χ4v) is 5.79. The van der Waals surface area contributed by atoms with E-state index < -0.39 is 6.10 Å². The molecule has 0 spiro atoms. The smallest absolute Gasteiger partial charge is 0.229 e. The minimum absolute atomic E-state index is 0.0103. The van der Waals surface area contributed by atoms with Crippen molar-refractivity contribution in [1.82, 2.24) is 9.88 Å². The Labute approximate surface area is 211 Å². The van der Waals surface area contributed by atoms with Gasteiger partial charge in [-0.1, -0.05) is 11.6 Å². The first-order valence-corrected chi connectivity index (χ1v) is 12.7. The van der Waals surface area contributed by atoms with Crippen LogP contribution in [-0.2, 0) is 14.3 Å². The van der Waals surface area contributed by atoms with E-state index in [0.717, 1.165) is 49.1 Å². The number of aliphatic hydroxyl groups is 1. The van der Waals surface area contributed by atoms with E-state index >= 15 is 0 Å². The number of piperazine rings is 1. The summed E-state index contributed by atoms with van der Waals surface area (Å²) in [4.78, 5) is 21.8. The minimum Gasteiger partial charge on any atom is -0.389 e. The van der Waals surface area contributed by atoms with Gasteiger partial charge < -0.3 is 24.8 Å². The van der Waals surface area contributed by atoms with Crippen LogP contribution in [0.5, 0.6) is 0 Å². The number of ether oxygens (including phenoxy) is 2. The molecule has 2 aromatic rings. The SMILES string of the molecule is COC(C)(C)[C@@H]1C[C@H]1C(=O)Nc1cc2cc(N3CCN([C@]4(C)COC[C@@H]4O)CC3)c(Cl)cc2cn1. The molecule has 2 aliphatic heterocycles. The summed E-state index contributed by atoms with van der Waals surface area (Å²) in [6.45, 7) is 10.3. The third-order valence-corrected chi connectivity index (χ3v) is 8.62. The van der Waals surface area contributed by atoms with E-state index in [0.29, 0.717) is 24.1 Å². The summed E-state index contributed by atoms with van der Waals surface area (Å²) in [5, 5.41) is 16.0. The Morgan fingerprint density at radius 3 is 2.66 bits per heavy atom. The average molecular weight is 503 g/mol. The van der Waals surface area contributed by atoms with Crippen molar-refractivity contribution in [2.75, 3.05) is 56.7 Å². The number of carbonyl (C=O) groups is 1. The fourth-order valence-electron chi connectivity index (χ4n) is 5.50. The Balaban J connectivity index is 1.28. The summed E-state index contributed by atoms with van der Waals surface area (Å²) < 4.78 is 11.1. The molecule has 1 amide bonds. The van der Waals surface area contributed by atoms with Gasteiger partial charge in [-0.15, -0.1) is 0 Å². The number of benzene rings is 1. The third kappa shape index (κ3) is 4.62. The second-order valence-electron chi connectivity index (χ2n) is 10.8. The predicted octanol–water partition coefficient (Wildman–Crippen LogP) is 3.16. The normalized spacial score (nSPS) is 29.5. The standard InChI is InChI=1S/C26H35ClN4O4/c1-25(2,34-4)19-12-18(19)24(33)29-23-11-16-10-21(20(27)9-17(16)13-28-23)30-5-7-31(8-6-30)26(3)15-35-14-22(26)32/h9-11,13,18-19,22,32H,5-8,12,14-15H2,1-4H3,(H,28,29,33)/t18-,19-,22+,26-/m1/s1.